The quantitative estimate of drug-likeness (QED) is 0.843. The minimum atomic E-state index is 0.364. The van der Waals surface area contributed by atoms with E-state index < -0.39 is 0 Å². The van der Waals surface area contributed by atoms with E-state index in [0.29, 0.717) is 19.3 Å². The van der Waals surface area contributed by atoms with Crippen LogP contribution >= 0.6 is 0 Å². The van der Waals surface area contributed by atoms with Crippen LogP contribution in [0.25, 0.3) is 0 Å². The minimum Gasteiger partial charge on any atom is -0.381 e. The zero-order valence-electron chi connectivity index (χ0n) is 9.52. The highest BCUT2D eigenvalue weighted by Gasteiger charge is 2.13. The molecule has 1 aliphatic heterocycles. The molecule has 3 nitrogen and oxygen atoms in total. The van der Waals surface area contributed by atoms with Gasteiger partial charge in [-0.1, -0.05) is 24.3 Å². The van der Waals surface area contributed by atoms with E-state index in [0.717, 1.165) is 31.6 Å². The molecule has 0 bridgehead atoms. The summed E-state index contributed by atoms with van der Waals surface area (Å²) >= 11 is 0. The van der Waals surface area contributed by atoms with Gasteiger partial charge < -0.3 is 15.2 Å². The molecule has 1 aromatic carbocycles. The molecule has 0 radical (unpaired) electrons. The van der Waals surface area contributed by atoms with Crippen LogP contribution in [-0.2, 0) is 22.6 Å². The van der Waals surface area contributed by atoms with Crippen LogP contribution in [0.2, 0.25) is 0 Å². The second kappa shape index (κ2) is 5.99. The van der Waals surface area contributed by atoms with E-state index in [1.807, 2.05) is 0 Å². The van der Waals surface area contributed by atoms with E-state index >= 15 is 0 Å². The van der Waals surface area contributed by atoms with Gasteiger partial charge in [-0.3, -0.25) is 0 Å². The lowest BCUT2D eigenvalue weighted by molar-refractivity contribution is -0.0390. The topological polar surface area (TPSA) is 44.5 Å². The third kappa shape index (κ3) is 3.30. The highest BCUT2D eigenvalue weighted by Crippen LogP contribution is 2.13. The molecule has 3 heteroatoms. The van der Waals surface area contributed by atoms with Crippen molar-refractivity contribution in [1.82, 2.24) is 0 Å². The molecular weight excluding hydrogens is 202 g/mol. The molecule has 0 saturated carbocycles. The van der Waals surface area contributed by atoms with E-state index in [2.05, 4.69) is 24.3 Å². The molecule has 2 rings (SSSR count). The van der Waals surface area contributed by atoms with Crippen LogP contribution in [0.5, 0.6) is 0 Å². The van der Waals surface area contributed by atoms with Gasteiger partial charge >= 0.3 is 0 Å². The van der Waals surface area contributed by atoms with Crippen molar-refractivity contribution in [2.45, 2.75) is 32.1 Å². The van der Waals surface area contributed by atoms with Crippen molar-refractivity contribution >= 4 is 0 Å². The Labute approximate surface area is 96.5 Å². The van der Waals surface area contributed by atoms with Crippen LogP contribution in [-0.4, -0.2) is 19.3 Å². The molecule has 1 heterocycles. The van der Waals surface area contributed by atoms with Crippen LogP contribution in [0.15, 0.2) is 24.3 Å². The van der Waals surface area contributed by atoms with Gasteiger partial charge in [0.05, 0.1) is 12.7 Å². The Morgan fingerprint density at radius 1 is 1.12 bits per heavy atom. The Morgan fingerprint density at radius 3 is 2.38 bits per heavy atom. The van der Waals surface area contributed by atoms with E-state index in [1.54, 1.807) is 0 Å². The number of hydrogen-bond acceptors (Lipinski definition) is 3. The van der Waals surface area contributed by atoms with Gasteiger partial charge in [0.2, 0.25) is 0 Å². The zero-order chi connectivity index (χ0) is 11.2. The average Bonchev–Trinajstić information content (AvgIpc) is 2.38. The molecule has 1 aliphatic rings. The third-order valence-electron chi connectivity index (χ3n) is 2.91. The van der Waals surface area contributed by atoms with Crippen LogP contribution in [0.4, 0.5) is 0 Å². The molecular formula is C13H19NO2. The van der Waals surface area contributed by atoms with Crippen LogP contribution in [0.3, 0.4) is 0 Å². The Morgan fingerprint density at radius 2 is 1.75 bits per heavy atom. The Kier molecular flexibility index (Phi) is 4.34. The number of benzene rings is 1. The molecule has 0 spiro atoms. The molecule has 1 fully saturated rings. The lowest BCUT2D eigenvalue weighted by atomic mass is 10.1. The summed E-state index contributed by atoms with van der Waals surface area (Å²) in [7, 11) is 0. The summed E-state index contributed by atoms with van der Waals surface area (Å²) in [6, 6.07) is 8.29. The Hall–Kier alpha value is -0.900. The monoisotopic (exact) mass is 221 g/mol. The van der Waals surface area contributed by atoms with Crippen LogP contribution in [0.1, 0.15) is 24.0 Å². The van der Waals surface area contributed by atoms with Gasteiger partial charge in [-0.05, 0) is 24.0 Å². The predicted octanol–water partition coefficient (Wildman–Crippen LogP) is 1.84. The largest absolute Gasteiger partial charge is 0.381 e. The maximum atomic E-state index is 5.83. The maximum Gasteiger partial charge on any atom is 0.0720 e. The average molecular weight is 221 g/mol. The van der Waals surface area contributed by atoms with Gasteiger partial charge in [0.25, 0.3) is 0 Å². The Bertz CT molecular complexity index is 304. The molecule has 0 atom stereocenters. The lowest BCUT2D eigenvalue weighted by Crippen LogP contribution is -2.23. The normalized spacial score (nSPS) is 17.6. The summed E-state index contributed by atoms with van der Waals surface area (Å²) in [4.78, 5) is 0. The number of ether oxygens (including phenoxy) is 2. The van der Waals surface area contributed by atoms with E-state index in [4.69, 9.17) is 15.2 Å². The van der Waals surface area contributed by atoms with Gasteiger partial charge in [0.15, 0.2) is 0 Å². The van der Waals surface area contributed by atoms with Crippen molar-refractivity contribution in [2.24, 2.45) is 5.73 Å². The van der Waals surface area contributed by atoms with Gasteiger partial charge in [-0.15, -0.1) is 0 Å². The molecule has 0 aliphatic carbocycles. The first-order valence-electron chi connectivity index (χ1n) is 5.85. The third-order valence-corrected chi connectivity index (χ3v) is 2.91. The first-order chi connectivity index (χ1) is 7.88. The molecule has 1 aromatic rings. The lowest BCUT2D eigenvalue weighted by Gasteiger charge is -2.22. The van der Waals surface area contributed by atoms with Gasteiger partial charge in [-0.25, -0.2) is 0 Å². The number of rotatable bonds is 4. The van der Waals surface area contributed by atoms with Crippen LogP contribution in [0, 0.1) is 0 Å². The molecule has 16 heavy (non-hydrogen) atoms. The van der Waals surface area contributed by atoms with Gasteiger partial charge in [0, 0.05) is 19.8 Å². The van der Waals surface area contributed by atoms with Gasteiger partial charge in [-0.2, -0.15) is 0 Å². The highest BCUT2D eigenvalue weighted by atomic mass is 16.5. The second-order valence-corrected chi connectivity index (χ2v) is 4.14. The van der Waals surface area contributed by atoms with E-state index in [1.165, 1.54) is 5.56 Å². The summed E-state index contributed by atoms with van der Waals surface area (Å²) in [5.74, 6) is 0. The highest BCUT2D eigenvalue weighted by molar-refractivity contribution is 5.21. The van der Waals surface area contributed by atoms with Gasteiger partial charge in [0.1, 0.15) is 0 Å². The van der Waals surface area contributed by atoms with Crippen molar-refractivity contribution in [3.8, 4) is 0 Å². The molecule has 0 amide bonds. The summed E-state index contributed by atoms with van der Waals surface area (Å²) in [6.45, 7) is 2.95. The zero-order valence-corrected chi connectivity index (χ0v) is 9.52. The maximum absolute atomic E-state index is 5.83. The van der Waals surface area contributed by atoms with E-state index in [-0.39, 0.29) is 0 Å². The first-order valence-corrected chi connectivity index (χ1v) is 5.85. The fourth-order valence-corrected chi connectivity index (χ4v) is 1.83. The first kappa shape index (κ1) is 11.6. The van der Waals surface area contributed by atoms with Crippen molar-refractivity contribution in [2.75, 3.05) is 13.2 Å². The predicted molar refractivity (Wildman–Crippen MR) is 63.0 cm³/mol. The van der Waals surface area contributed by atoms with Crippen LogP contribution < -0.4 is 5.73 Å². The summed E-state index contributed by atoms with van der Waals surface area (Å²) in [5, 5.41) is 0. The van der Waals surface area contributed by atoms with E-state index in [9.17, 15) is 0 Å². The van der Waals surface area contributed by atoms with Crippen molar-refractivity contribution < 1.29 is 9.47 Å². The Balaban J connectivity index is 1.79. The minimum absolute atomic E-state index is 0.364. The van der Waals surface area contributed by atoms with Crippen molar-refractivity contribution in [1.29, 1.82) is 0 Å². The standard InChI is InChI=1S/C13H19NO2/c14-9-11-1-3-12(4-2-11)10-16-13-5-7-15-8-6-13/h1-4,13H,5-10,14H2. The summed E-state index contributed by atoms with van der Waals surface area (Å²) in [5.41, 5.74) is 7.92. The summed E-state index contributed by atoms with van der Waals surface area (Å²) < 4.78 is 11.1. The molecule has 88 valence electrons. The fourth-order valence-electron chi connectivity index (χ4n) is 1.83. The number of hydrogen-bond donors (Lipinski definition) is 1. The second-order valence-electron chi connectivity index (χ2n) is 4.14. The van der Waals surface area contributed by atoms with Crippen molar-refractivity contribution in [3.05, 3.63) is 35.4 Å². The molecule has 2 N–H and O–H groups in total. The fraction of sp³-hybridized carbons (Fsp3) is 0.538. The molecule has 0 aromatic heterocycles. The smallest absolute Gasteiger partial charge is 0.0720 e. The SMILES string of the molecule is NCc1ccc(COC2CCOCC2)cc1. The number of nitrogens with two attached hydrogens (primary N) is 1. The molecule has 0 unspecified atom stereocenters. The summed E-state index contributed by atoms with van der Waals surface area (Å²) in [6.07, 6.45) is 2.39. The molecule has 1 saturated heterocycles. The van der Waals surface area contributed by atoms with Crippen molar-refractivity contribution in [3.63, 3.8) is 0 Å².